The highest BCUT2D eigenvalue weighted by Crippen LogP contribution is 2.32. The number of rotatable bonds is 3. The van der Waals surface area contributed by atoms with Crippen molar-refractivity contribution in [3.8, 4) is 0 Å². The predicted molar refractivity (Wildman–Crippen MR) is 74.5 cm³/mol. The highest BCUT2D eigenvalue weighted by atomic mass is 35.7. The van der Waals surface area contributed by atoms with Gasteiger partial charge in [0.2, 0.25) is 0 Å². The summed E-state index contributed by atoms with van der Waals surface area (Å²) in [5, 5.41) is 2.72. The molecule has 1 aromatic rings. The van der Waals surface area contributed by atoms with Gasteiger partial charge in [-0.15, -0.1) is 0 Å². The summed E-state index contributed by atoms with van der Waals surface area (Å²) in [6, 6.07) is 2.40. The van der Waals surface area contributed by atoms with E-state index in [0.717, 1.165) is 12.5 Å². The third-order valence-electron chi connectivity index (χ3n) is 2.95. The lowest BCUT2D eigenvalue weighted by Crippen LogP contribution is -2.27. The molecule has 4 nitrogen and oxygen atoms in total. The number of benzene rings is 1. The van der Waals surface area contributed by atoms with Gasteiger partial charge in [-0.05, 0) is 24.5 Å². The number of carbonyl (C=O) groups is 1. The van der Waals surface area contributed by atoms with Crippen LogP contribution < -0.4 is 5.32 Å². The van der Waals surface area contributed by atoms with Gasteiger partial charge in [-0.2, -0.15) is 0 Å². The Morgan fingerprint density at radius 3 is 2.37 bits per heavy atom. The Bertz CT molecular complexity index is 645. The van der Waals surface area contributed by atoms with Crippen molar-refractivity contribution in [2.24, 2.45) is 5.92 Å². The van der Waals surface area contributed by atoms with Crippen LogP contribution in [0, 0.1) is 5.92 Å². The second kappa shape index (κ2) is 5.13. The standard InChI is InChI=1S/C11H10Cl3NO3S/c1-5-2-9(5)15-11(16)6-3-10(19(14,17)18)8(13)4-7(6)12/h3-5,9H,2H2,1H3,(H,15,16). The van der Waals surface area contributed by atoms with Gasteiger partial charge in [-0.1, -0.05) is 30.1 Å². The molecule has 0 aromatic heterocycles. The van der Waals surface area contributed by atoms with Gasteiger partial charge in [0, 0.05) is 16.7 Å². The van der Waals surface area contributed by atoms with E-state index in [9.17, 15) is 13.2 Å². The molecule has 1 amide bonds. The highest BCUT2D eigenvalue weighted by Gasteiger charge is 2.34. The van der Waals surface area contributed by atoms with Crippen molar-refractivity contribution in [2.45, 2.75) is 24.3 Å². The van der Waals surface area contributed by atoms with Gasteiger partial charge in [0.05, 0.1) is 15.6 Å². The third-order valence-corrected chi connectivity index (χ3v) is 5.05. The molecule has 1 aromatic carbocycles. The van der Waals surface area contributed by atoms with Crippen LogP contribution in [0.2, 0.25) is 10.0 Å². The van der Waals surface area contributed by atoms with Crippen molar-refractivity contribution < 1.29 is 13.2 Å². The Labute approximate surface area is 125 Å². The summed E-state index contributed by atoms with van der Waals surface area (Å²) in [5.74, 6) is -0.0103. The molecule has 0 aliphatic heterocycles. The first-order chi connectivity index (χ1) is 8.70. The fourth-order valence-electron chi connectivity index (χ4n) is 1.66. The lowest BCUT2D eigenvalue weighted by molar-refractivity contribution is 0.0949. The molecule has 1 aliphatic rings. The molecule has 1 aliphatic carbocycles. The van der Waals surface area contributed by atoms with Gasteiger partial charge >= 0.3 is 0 Å². The van der Waals surface area contributed by atoms with E-state index in [2.05, 4.69) is 5.32 Å². The van der Waals surface area contributed by atoms with Gasteiger partial charge in [0.1, 0.15) is 4.90 Å². The smallest absolute Gasteiger partial charge is 0.262 e. The fourth-order valence-corrected chi connectivity index (χ4v) is 3.48. The van der Waals surface area contributed by atoms with Gasteiger partial charge in [-0.25, -0.2) is 8.42 Å². The van der Waals surface area contributed by atoms with Crippen molar-refractivity contribution in [1.82, 2.24) is 5.32 Å². The molecule has 2 unspecified atom stereocenters. The summed E-state index contributed by atoms with van der Waals surface area (Å²) in [4.78, 5) is 11.7. The Balaban J connectivity index is 2.37. The second-order valence-corrected chi connectivity index (χ2v) is 7.84. The van der Waals surface area contributed by atoms with Crippen LogP contribution in [0.1, 0.15) is 23.7 Å². The zero-order chi connectivity index (χ0) is 14.4. The van der Waals surface area contributed by atoms with Gasteiger partial charge in [0.15, 0.2) is 0 Å². The molecule has 0 saturated heterocycles. The van der Waals surface area contributed by atoms with Crippen molar-refractivity contribution in [2.75, 3.05) is 0 Å². The minimum absolute atomic E-state index is 0.0457. The molecular formula is C11H10Cl3NO3S. The van der Waals surface area contributed by atoms with Crippen LogP contribution in [-0.2, 0) is 9.05 Å². The molecule has 1 N–H and O–H groups in total. The Morgan fingerprint density at radius 1 is 1.32 bits per heavy atom. The molecule has 104 valence electrons. The van der Waals surface area contributed by atoms with Crippen LogP contribution in [0.25, 0.3) is 0 Å². The van der Waals surface area contributed by atoms with Crippen LogP contribution in [0.5, 0.6) is 0 Å². The lowest BCUT2D eigenvalue weighted by atomic mass is 10.2. The summed E-state index contributed by atoms with van der Waals surface area (Å²) < 4.78 is 22.7. The third kappa shape index (κ3) is 3.34. The number of hydrogen-bond acceptors (Lipinski definition) is 3. The SMILES string of the molecule is CC1CC1NC(=O)c1cc(S(=O)(=O)Cl)c(Cl)cc1Cl. The van der Waals surface area contributed by atoms with Crippen molar-refractivity contribution in [3.05, 3.63) is 27.7 Å². The molecule has 8 heteroatoms. The number of amides is 1. The first kappa shape index (κ1) is 14.9. The van der Waals surface area contributed by atoms with E-state index in [1.54, 1.807) is 0 Å². The molecule has 1 fully saturated rings. The zero-order valence-electron chi connectivity index (χ0n) is 9.78. The molecule has 0 spiro atoms. The summed E-state index contributed by atoms with van der Waals surface area (Å²) in [6.45, 7) is 2.00. The molecule has 1 saturated carbocycles. The molecular weight excluding hydrogens is 333 g/mol. The van der Waals surface area contributed by atoms with E-state index < -0.39 is 15.0 Å². The highest BCUT2D eigenvalue weighted by molar-refractivity contribution is 8.13. The predicted octanol–water partition coefficient (Wildman–Crippen LogP) is 3.06. The monoisotopic (exact) mass is 341 g/mol. The topological polar surface area (TPSA) is 63.2 Å². The van der Waals surface area contributed by atoms with E-state index in [1.165, 1.54) is 6.07 Å². The van der Waals surface area contributed by atoms with Crippen LogP contribution in [-0.4, -0.2) is 20.4 Å². The normalized spacial score (nSPS) is 22.1. The van der Waals surface area contributed by atoms with E-state index in [4.69, 9.17) is 33.9 Å². The average Bonchev–Trinajstić information content (AvgIpc) is 2.91. The first-order valence-corrected chi connectivity index (χ1v) is 8.51. The van der Waals surface area contributed by atoms with Crippen LogP contribution in [0.4, 0.5) is 0 Å². The van der Waals surface area contributed by atoms with Gasteiger partial charge < -0.3 is 5.32 Å². The quantitative estimate of drug-likeness (QED) is 0.859. The molecule has 0 heterocycles. The van der Waals surface area contributed by atoms with E-state index in [0.29, 0.717) is 5.92 Å². The summed E-state index contributed by atoms with van der Waals surface area (Å²) >= 11 is 11.7. The van der Waals surface area contributed by atoms with E-state index >= 15 is 0 Å². The summed E-state index contributed by atoms with van der Waals surface area (Å²) in [7, 11) is 1.22. The summed E-state index contributed by atoms with van der Waals surface area (Å²) in [5.41, 5.74) is 0.0457. The average molecular weight is 343 g/mol. The summed E-state index contributed by atoms with van der Waals surface area (Å²) in [6.07, 6.45) is 0.900. The number of halogens is 3. The first-order valence-electron chi connectivity index (χ1n) is 5.44. The van der Waals surface area contributed by atoms with Crippen molar-refractivity contribution in [3.63, 3.8) is 0 Å². The van der Waals surface area contributed by atoms with Gasteiger partial charge in [0.25, 0.3) is 15.0 Å². The molecule has 2 atom stereocenters. The maximum Gasteiger partial charge on any atom is 0.262 e. The van der Waals surface area contributed by atoms with Crippen molar-refractivity contribution >= 4 is 48.8 Å². The maximum absolute atomic E-state index is 12.0. The van der Waals surface area contributed by atoms with E-state index in [1.807, 2.05) is 6.92 Å². The Morgan fingerprint density at radius 2 is 1.89 bits per heavy atom. The maximum atomic E-state index is 12.0. The Kier molecular flexibility index (Phi) is 4.02. The number of nitrogens with one attached hydrogen (secondary N) is 1. The molecule has 0 radical (unpaired) electrons. The van der Waals surface area contributed by atoms with Crippen LogP contribution >= 0.6 is 33.9 Å². The second-order valence-electron chi connectivity index (χ2n) is 4.49. The minimum atomic E-state index is -4.03. The minimum Gasteiger partial charge on any atom is -0.349 e. The molecule has 2 rings (SSSR count). The van der Waals surface area contributed by atoms with Crippen molar-refractivity contribution in [1.29, 1.82) is 0 Å². The van der Waals surface area contributed by atoms with E-state index in [-0.39, 0.29) is 26.5 Å². The zero-order valence-corrected chi connectivity index (χ0v) is 12.9. The fraction of sp³-hybridized carbons (Fsp3) is 0.364. The lowest BCUT2D eigenvalue weighted by Gasteiger charge is -2.08. The number of hydrogen-bond donors (Lipinski definition) is 1. The number of carbonyl (C=O) groups excluding carboxylic acids is 1. The largest absolute Gasteiger partial charge is 0.349 e. The van der Waals surface area contributed by atoms with Gasteiger partial charge in [-0.3, -0.25) is 4.79 Å². The molecule has 19 heavy (non-hydrogen) atoms. The van der Waals surface area contributed by atoms with Crippen LogP contribution in [0.3, 0.4) is 0 Å². The molecule has 0 bridgehead atoms. The van der Waals surface area contributed by atoms with Crippen LogP contribution in [0.15, 0.2) is 17.0 Å². The Hall–Kier alpha value is -0.490.